The van der Waals surface area contributed by atoms with E-state index in [9.17, 15) is 4.39 Å². The molecule has 1 aliphatic rings. The zero-order valence-electron chi connectivity index (χ0n) is 8.58. The predicted molar refractivity (Wildman–Crippen MR) is 54.3 cm³/mol. The largest absolute Gasteiger partial charge is 0.369 e. The third-order valence-electron chi connectivity index (χ3n) is 2.67. The van der Waals surface area contributed by atoms with Crippen molar-refractivity contribution in [3.63, 3.8) is 0 Å². The fraction of sp³-hybridized carbons (Fsp3) is 0.667. The molecule has 2 rings (SSSR count). The van der Waals surface area contributed by atoms with Gasteiger partial charge in [0.2, 0.25) is 0 Å². The van der Waals surface area contributed by atoms with Gasteiger partial charge in [-0.1, -0.05) is 5.11 Å². The van der Waals surface area contributed by atoms with Gasteiger partial charge in [-0.3, -0.25) is 5.10 Å². The van der Waals surface area contributed by atoms with Crippen LogP contribution >= 0.6 is 0 Å². The number of nitrogens with zero attached hydrogens (tertiary/aromatic N) is 4. The number of nitrogens with one attached hydrogen (secondary N) is 1. The van der Waals surface area contributed by atoms with Crippen LogP contribution in [0.1, 0.15) is 24.6 Å². The molecule has 3 atom stereocenters. The molecular formula is C9H12FN5O. The normalized spacial score (nSPS) is 30.4. The Morgan fingerprint density at radius 1 is 1.62 bits per heavy atom. The van der Waals surface area contributed by atoms with Crippen molar-refractivity contribution in [3.8, 4) is 0 Å². The van der Waals surface area contributed by atoms with Crippen LogP contribution in [0, 0.1) is 0 Å². The van der Waals surface area contributed by atoms with E-state index in [0.29, 0.717) is 12.8 Å². The highest BCUT2D eigenvalue weighted by Crippen LogP contribution is 2.28. The molecule has 86 valence electrons. The zero-order valence-corrected chi connectivity index (χ0v) is 8.58. The second kappa shape index (κ2) is 4.96. The van der Waals surface area contributed by atoms with Crippen LogP contribution in [0.15, 0.2) is 17.4 Å². The lowest BCUT2D eigenvalue weighted by molar-refractivity contribution is 0.0263. The van der Waals surface area contributed by atoms with Gasteiger partial charge in [0.05, 0.1) is 24.4 Å². The van der Waals surface area contributed by atoms with Crippen molar-refractivity contribution < 1.29 is 9.13 Å². The molecule has 0 aromatic carbocycles. The van der Waals surface area contributed by atoms with E-state index in [4.69, 9.17) is 10.3 Å². The molecular weight excluding hydrogens is 213 g/mol. The number of azide groups is 1. The summed E-state index contributed by atoms with van der Waals surface area (Å²) >= 11 is 0. The summed E-state index contributed by atoms with van der Waals surface area (Å²) in [5, 5.41) is 10.1. The Kier molecular flexibility index (Phi) is 3.38. The van der Waals surface area contributed by atoms with Crippen molar-refractivity contribution in [1.29, 1.82) is 0 Å². The first-order chi connectivity index (χ1) is 7.81. The number of aromatic nitrogens is 2. The Bertz CT molecular complexity index is 375. The molecule has 2 heterocycles. The predicted octanol–water partition coefficient (Wildman–Crippen LogP) is 2.28. The van der Waals surface area contributed by atoms with Crippen LogP contribution in [0.3, 0.4) is 0 Å². The summed E-state index contributed by atoms with van der Waals surface area (Å²) in [6.07, 6.45) is 1.30. The van der Waals surface area contributed by atoms with Crippen molar-refractivity contribution in [1.82, 2.24) is 10.2 Å². The molecule has 7 heteroatoms. The SMILES string of the molecule is [N-]=[N+]=NC1CCC(c2ccn[nH]2)OCC1F. The summed E-state index contributed by atoms with van der Waals surface area (Å²) in [6.45, 7) is -0.0482. The number of alkyl halides is 1. The van der Waals surface area contributed by atoms with Crippen molar-refractivity contribution in [2.75, 3.05) is 6.61 Å². The molecule has 6 nitrogen and oxygen atoms in total. The van der Waals surface area contributed by atoms with Crippen LogP contribution in [0.4, 0.5) is 4.39 Å². The fourth-order valence-corrected chi connectivity index (χ4v) is 1.79. The van der Waals surface area contributed by atoms with Crippen LogP contribution in [0.5, 0.6) is 0 Å². The lowest BCUT2D eigenvalue weighted by Crippen LogP contribution is -2.21. The quantitative estimate of drug-likeness (QED) is 0.475. The number of hydrogen-bond acceptors (Lipinski definition) is 3. The first kappa shape index (κ1) is 10.9. The summed E-state index contributed by atoms with van der Waals surface area (Å²) < 4.78 is 18.9. The maximum atomic E-state index is 13.5. The van der Waals surface area contributed by atoms with Crippen LogP contribution in [-0.4, -0.2) is 29.0 Å². The van der Waals surface area contributed by atoms with E-state index in [1.165, 1.54) is 0 Å². The number of H-pyrrole nitrogens is 1. The monoisotopic (exact) mass is 225 g/mol. The number of rotatable bonds is 2. The van der Waals surface area contributed by atoms with Gasteiger partial charge in [-0.15, -0.1) is 0 Å². The van der Waals surface area contributed by atoms with Crippen molar-refractivity contribution >= 4 is 0 Å². The van der Waals surface area contributed by atoms with Gasteiger partial charge in [-0.2, -0.15) is 5.10 Å². The Morgan fingerprint density at radius 2 is 2.50 bits per heavy atom. The Morgan fingerprint density at radius 3 is 3.19 bits per heavy atom. The van der Waals surface area contributed by atoms with Gasteiger partial charge in [-0.05, 0) is 24.4 Å². The Balaban J connectivity index is 2.05. The molecule has 16 heavy (non-hydrogen) atoms. The first-order valence-electron chi connectivity index (χ1n) is 5.10. The highest BCUT2D eigenvalue weighted by Gasteiger charge is 2.28. The second-order valence-electron chi connectivity index (χ2n) is 3.70. The minimum Gasteiger partial charge on any atom is -0.369 e. The Hall–Kier alpha value is -1.59. The van der Waals surface area contributed by atoms with Gasteiger partial charge < -0.3 is 4.74 Å². The molecule has 0 amide bonds. The van der Waals surface area contributed by atoms with E-state index in [0.717, 1.165) is 5.69 Å². The minimum absolute atomic E-state index is 0.0482. The van der Waals surface area contributed by atoms with E-state index in [1.54, 1.807) is 12.3 Å². The van der Waals surface area contributed by atoms with E-state index in [-0.39, 0.29) is 12.7 Å². The summed E-state index contributed by atoms with van der Waals surface area (Å²) in [7, 11) is 0. The lowest BCUT2D eigenvalue weighted by atomic mass is 10.1. The van der Waals surface area contributed by atoms with Gasteiger partial charge in [0.15, 0.2) is 0 Å². The van der Waals surface area contributed by atoms with Gasteiger partial charge in [0, 0.05) is 11.1 Å². The van der Waals surface area contributed by atoms with Crippen LogP contribution in [0.2, 0.25) is 0 Å². The molecule has 0 saturated carbocycles. The topological polar surface area (TPSA) is 86.7 Å². The van der Waals surface area contributed by atoms with Crippen LogP contribution in [-0.2, 0) is 4.74 Å². The van der Waals surface area contributed by atoms with E-state index >= 15 is 0 Å². The third-order valence-corrected chi connectivity index (χ3v) is 2.67. The van der Waals surface area contributed by atoms with Gasteiger partial charge >= 0.3 is 0 Å². The smallest absolute Gasteiger partial charge is 0.132 e. The summed E-state index contributed by atoms with van der Waals surface area (Å²) in [6, 6.07) is 1.17. The molecule has 0 radical (unpaired) electrons. The number of hydrogen-bond donors (Lipinski definition) is 1. The van der Waals surface area contributed by atoms with Crippen molar-refractivity contribution in [2.24, 2.45) is 5.11 Å². The Labute approximate surface area is 91.4 Å². The van der Waals surface area contributed by atoms with Gasteiger partial charge in [0.1, 0.15) is 6.17 Å². The van der Waals surface area contributed by atoms with Crippen molar-refractivity contribution in [3.05, 3.63) is 28.4 Å². The molecule has 1 N–H and O–H groups in total. The number of aromatic amines is 1. The van der Waals surface area contributed by atoms with Gasteiger partial charge in [0.25, 0.3) is 0 Å². The van der Waals surface area contributed by atoms with Crippen LogP contribution < -0.4 is 0 Å². The van der Waals surface area contributed by atoms with Crippen LogP contribution in [0.25, 0.3) is 10.4 Å². The lowest BCUT2D eigenvalue weighted by Gasteiger charge is -2.12. The number of halogens is 1. The molecule has 0 bridgehead atoms. The molecule has 1 aliphatic heterocycles. The third kappa shape index (κ3) is 2.32. The number of ether oxygens (including phenoxy) is 1. The average molecular weight is 225 g/mol. The van der Waals surface area contributed by atoms with Crippen molar-refractivity contribution in [2.45, 2.75) is 31.2 Å². The molecule has 1 aromatic rings. The summed E-state index contributed by atoms with van der Waals surface area (Å²) in [4.78, 5) is 2.65. The zero-order chi connectivity index (χ0) is 11.4. The van der Waals surface area contributed by atoms with E-state index in [2.05, 4.69) is 20.2 Å². The van der Waals surface area contributed by atoms with E-state index in [1.807, 2.05) is 0 Å². The molecule has 1 aromatic heterocycles. The maximum absolute atomic E-state index is 13.5. The molecule has 1 saturated heterocycles. The summed E-state index contributed by atoms with van der Waals surface area (Å²) in [5.74, 6) is 0. The summed E-state index contributed by atoms with van der Waals surface area (Å²) in [5.41, 5.74) is 9.14. The first-order valence-corrected chi connectivity index (χ1v) is 5.10. The van der Waals surface area contributed by atoms with E-state index < -0.39 is 12.2 Å². The standard InChI is InChI=1S/C9H12FN5O/c10-6-5-16-9(8-3-4-12-13-8)2-1-7(6)14-15-11/h3-4,6-7,9H,1-2,5H2,(H,12,13). The highest BCUT2D eigenvalue weighted by atomic mass is 19.1. The minimum atomic E-state index is -1.23. The second-order valence-corrected chi connectivity index (χ2v) is 3.70. The maximum Gasteiger partial charge on any atom is 0.132 e. The highest BCUT2D eigenvalue weighted by molar-refractivity contribution is 5.03. The van der Waals surface area contributed by atoms with Gasteiger partial charge in [-0.25, -0.2) is 4.39 Å². The average Bonchev–Trinajstić information content (AvgIpc) is 2.75. The fourth-order valence-electron chi connectivity index (χ4n) is 1.79. The molecule has 3 unspecified atom stereocenters. The molecule has 1 fully saturated rings. The molecule has 0 aliphatic carbocycles. The molecule has 0 spiro atoms.